The molecular weight excluding hydrogens is 276 g/mol. The highest BCUT2D eigenvalue weighted by Crippen LogP contribution is 2.18. The van der Waals surface area contributed by atoms with Gasteiger partial charge in [-0.1, -0.05) is 35.9 Å². The van der Waals surface area contributed by atoms with E-state index in [0.29, 0.717) is 11.3 Å². The summed E-state index contributed by atoms with van der Waals surface area (Å²) in [5.74, 6) is 0.0744. The molecule has 0 spiro atoms. The predicted molar refractivity (Wildman–Crippen MR) is 83.8 cm³/mol. The molecule has 0 atom stereocenters. The van der Waals surface area contributed by atoms with Gasteiger partial charge in [-0.05, 0) is 31.2 Å². The molecule has 0 aliphatic rings. The van der Waals surface area contributed by atoms with E-state index >= 15 is 0 Å². The third-order valence-electron chi connectivity index (χ3n) is 3.15. The topological polar surface area (TPSA) is 59.6 Å². The zero-order valence-electron chi connectivity index (χ0n) is 12.0. The van der Waals surface area contributed by atoms with E-state index in [0.717, 1.165) is 5.56 Å². The second-order valence-corrected chi connectivity index (χ2v) is 4.80. The average Bonchev–Trinajstić information content (AvgIpc) is 3.03. The zero-order valence-corrected chi connectivity index (χ0v) is 12.0. The van der Waals surface area contributed by atoms with Crippen LogP contribution in [0.5, 0.6) is 0 Å². The van der Waals surface area contributed by atoms with Crippen LogP contribution in [0.2, 0.25) is 0 Å². The van der Waals surface area contributed by atoms with Gasteiger partial charge in [0.25, 0.3) is 11.9 Å². The molecule has 22 heavy (non-hydrogen) atoms. The predicted octanol–water partition coefficient (Wildman–Crippen LogP) is 4.30. The molecule has 5 heteroatoms. The summed E-state index contributed by atoms with van der Waals surface area (Å²) in [4.78, 5) is 16.5. The van der Waals surface area contributed by atoms with Gasteiger partial charge in [-0.2, -0.15) is 0 Å². The molecule has 1 heterocycles. The highest BCUT2D eigenvalue weighted by Gasteiger charge is 2.12. The smallest absolute Gasteiger partial charge is 0.264 e. The number of carbonyl (C=O) groups is 1. The molecule has 108 valence electrons. The Morgan fingerprint density at radius 2 is 1.73 bits per heavy atom. The lowest BCUT2D eigenvalue weighted by molar-refractivity contribution is 0.0961. The molecule has 0 aliphatic carbocycles. The molecule has 0 saturated heterocycles. The number of azo groups is 1. The van der Waals surface area contributed by atoms with Crippen LogP contribution in [0.4, 0.5) is 11.6 Å². The summed E-state index contributed by atoms with van der Waals surface area (Å²) in [5.41, 5.74) is 2.44. The lowest BCUT2D eigenvalue weighted by Gasteiger charge is -2.02. The van der Waals surface area contributed by atoms with Crippen LogP contribution in [0, 0.1) is 6.92 Å². The van der Waals surface area contributed by atoms with Gasteiger partial charge in [0.05, 0.1) is 5.69 Å². The number of aromatic nitrogens is 2. The molecule has 0 aliphatic heterocycles. The van der Waals surface area contributed by atoms with Crippen LogP contribution in [0.1, 0.15) is 15.9 Å². The Hall–Kier alpha value is -3.08. The van der Waals surface area contributed by atoms with E-state index in [1.807, 2.05) is 49.4 Å². The summed E-state index contributed by atoms with van der Waals surface area (Å²) < 4.78 is 1.38. The maximum Gasteiger partial charge on any atom is 0.264 e. The van der Waals surface area contributed by atoms with Crippen LogP contribution < -0.4 is 0 Å². The number of imidazole rings is 1. The van der Waals surface area contributed by atoms with Crippen LogP contribution in [-0.4, -0.2) is 15.5 Å². The molecule has 5 nitrogen and oxygen atoms in total. The molecule has 0 radical (unpaired) electrons. The van der Waals surface area contributed by atoms with Gasteiger partial charge in [-0.15, -0.1) is 10.2 Å². The number of benzene rings is 2. The van der Waals surface area contributed by atoms with E-state index in [-0.39, 0.29) is 11.9 Å². The molecule has 2 aromatic carbocycles. The van der Waals surface area contributed by atoms with Crippen molar-refractivity contribution in [2.45, 2.75) is 6.92 Å². The first-order chi connectivity index (χ1) is 10.7. The zero-order chi connectivity index (χ0) is 15.4. The summed E-state index contributed by atoms with van der Waals surface area (Å²) in [6.45, 7) is 2.01. The molecule has 3 aromatic rings. The van der Waals surface area contributed by atoms with Crippen molar-refractivity contribution in [1.82, 2.24) is 9.55 Å². The van der Waals surface area contributed by atoms with E-state index in [9.17, 15) is 4.79 Å². The minimum Gasteiger partial charge on any atom is -0.268 e. The molecule has 0 amide bonds. The van der Waals surface area contributed by atoms with E-state index < -0.39 is 0 Å². The van der Waals surface area contributed by atoms with Crippen LogP contribution in [0.25, 0.3) is 0 Å². The average molecular weight is 290 g/mol. The Labute approximate surface area is 128 Å². The van der Waals surface area contributed by atoms with Gasteiger partial charge in [-0.25, -0.2) is 9.55 Å². The highest BCUT2D eigenvalue weighted by molar-refractivity contribution is 5.97. The normalized spacial score (nSPS) is 11.0. The lowest BCUT2D eigenvalue weighted by atomic mass is 10.2. The lowest BCUT2D eigenvalue weighted by Crippen LogP contribution is -2.10. The van der Waals surface area contributed by atoms with Crippen LogP contribution in [-0.2, 0) is 0 Å². The number of carbonyl (C=O) groups excluding carboxylic acids is 1. The van der Waals surface area contributed by atoms with Crippen molar-refractivity contribution in [2.75, 3.05) is 0 Å². The number of aryl methyl sites for hydroxylation is 1. The molecule has 0 saturated carbocycles. The Morgan fingerprint density at radius 3 is 2.45 bits per heavy atom. The summed E-state index contributed by atoms with van der Waals surface area (Å²) in [5, 5.41) is 8.18. The fourth-order valence-electron chi connectivity index (χ4n) is 1.96. The van der Waals surface area contributed by atoms with Crippen molar-refractivity contribution in [3.05, 3.63) is 78.1 Å². The Bertz CT molecular complexity index is 804. The fraction of sp³-hybridized carbons (Fsp3) is 0.0588. The number of nitrogens with zero attached hydrogens (tertiary/aromatic N) is 4. The SMILES string of the molecule is Cc1ccc(N=Nc2nccn2C(=O)c2ccccc2)cc1. The Morgan fingerprint density at radius 1 is 1.00 bits per heavy atom. The van der Waals surface area contributed by atoms with Crippen molar-refractivity contribution in [2.24, 2.45) is 10.2 Å². The largest absolute Gasteiger partial charge is 0.268 e. The molecular formula is C17H14N4O. The van der Waals surface area contributed by atoms with E-state index in [2.05, 4.69) is 15.2 Å². The van der Waals surface area contributed by atoms with E-state index in [1.165, 1.54) is 10.8 Å². The summed E-state index contributed by atoms with van der Waals surface area (Å²) in [7, 11) is 0. The standard InChI is InChI=1S/C17H14N4O/c1-13-7-9-15(10-8-13)19-20-17-18-11-12-21(17)16(22)14-5-3-2-4-6-14/h2-12H,1H3. The first-order valence-corrected chi connectivity index (χ1v) is 6.85. The van der Waals surface area contributed by atoms with Crippen LogP contribution in [0.15, 0.2) is 77.2 Å². The van der Waals surface area contributed by atoms with Crippen molar-refractivity contribution in [3.63, 3.8) is 0 Å². The van der Waals surface area contributed by atoms with Crippen LogP contribution >= 0.6 is 0 Å². The fourth-order valence-corrected chi connectivity index (χ4v) is 1.96. The van der Waals surface area contributed by atoms with E-state index in [1.54, 1.807) is 18.3 Å². The second-order valence-electron chi connectivity index (χ2n) is 4.80. The highest BCUT2D eigenvalue weighted by atomic mass is 16.2. The van der Waals surface area contributed by atoms with Gasteiger partial charge in [0.1, 0.15) is 0 Å². The number of hydrogen-bond acceptors (Lipinski definition) is 4. The molecule has 0 N–H and O–H groups in total. The number of rotatable bonds is 3. The van der Waals surface area contributed by atoms with Gasteiger partial charge in [0, 0.05) is 18.0 Å². The quantitative estimate of drug-likeness (QED) is 0.675. The summed E-state index contributed by atoms with van der Waals surface area (Å²) >= 11 is 0. The minimum atomic E-state index is -0.184. The molecule has 3 rings (SSSR count). The van der Waals surface area contributed by atoms with Gasteiger partial charge < -0.3 is 0 Å². The Balaban J connectivity index is 1.86. The maximum atomic E-state index is 12.4. The molecule has 1 aromatic heterocycles. The van der Waals surface area contributed by atoms with Gasteiger partial charge in [0.2, 0.25) is 0 Å². The third kappa shape index (κ3) is 2.98. The monoisotopic (exact) mass is 290 g/mol. The summed E-state index contributed by atoms with van der Waals surface area (Å²) in [6.07, 6.45) is 3.11. The van der Waals surface area contributed by atoms with Gasteiger partial charge in [0.15, 0.2) is 0 Å². The molecule has 0 unspecified atom stereocenters. The van der Waals surface area contributed by atoms with Crippen LogP contribution in [0.3, 0.4) is 0 Å². The van der Waals surface area contributed by atoms with Crippen molar-refractivity contribution in [1.29, 1.82) is 0 Å². The first-order valence-electron chi connectivity index (χ1n) is 6.85. The van der Waals surface area contributed by atoms with Crippen molar-refractivity contribution >= 4 is 17.5 Å². The van der Waals surface area contributed by atoms with Gasteiger partial charge in [-0.3, -0.25) is 4.79 Å². The summed E-state index contributed by atoms with van der Waals surface area (Å²) in [6, 6.07) is 16.6. The number of hydrogen-bond donors (Lipinski definition) is 0. The van der Waals surface area contributed by atoms with Crippen molar-refractivity contribution < 1.29 is 4.79 Å². The first kappa shape index (κ1) is 13.9. The third-order valence-corrected chi connectivity index (χ3v) is 3.15. The van der Waals surface area contributed by atoms with Crippen molar-refractivity contribution in [3.8, 4) is 0 Å². The van der Waals surface area contributed by atoms with Gasteiger partial charge >= 0.3 is 0 Å². The van der Waals surface area contributed by atoms with E-state index in [4.69, 9.17) is 0 Å². The maximum absolute atomic E-state index is 12.4. The molecule has 0 bridgehead atoms. The second kappa shape index (κ2) is 6.13. The molecule has 0 fully saturated rings. The minimum absolute atomic E-state index is 0.184. The Kier molecular flexibility index (Phi) is 3.87.